The van der Waals surface area contributed by atoms with Crippen molar-refractivity contribution in [1.82, 2.24) is 5.32 Å². The van der Waals surface area contributed by atoms with E-state index in [2.05, 4.69) is 49.5 Å². The zero-order valence-electron chi connectivity index (χ0n) is 9.16. The van der Waals surface area contributed by atoms with Gasteiger partial charge in [0.1, 0.15) is 0 Å². The van der Waals surface area contributed by atoms with Crippen molar-refractivity contribution in [3.05, 3.63) is 30.3 Å². The number of rotatable bonds is 5. The predicted molar refractivity (Wildman–Crippen MR) is 64.9 cm³/mol. The van der Waals surface area contributed by atoms with Crippen LogP contribution in [-0.4, -0.2) is 18.8 Å². The summed E-state index contributed by atoms with van der Waals surface area (Å²) in [5.41, 5.74) is 0. The zero-order valence-corrected chi connectivity index (χ0v) is 9.97. The van der Waals surface area contributed by atoms with Gasteiger partial charge in [0.05, 0.1) is 0 Å². The molecule has 1 atom stereocenters. The average molecular weight is 209 g/mol. The third-order valence-electron chi connectivity index (χ3n) is 2.35. The van der Waals surface area contributed by atoms with Gasteiger partial charge in [0.25, 0.3) is 0 Å². The monoisotopic (exact) mass is 209 g/mol. The second-order valence-corrected chi connectivity index (χ2v) is 4.86. The van der Waals surface area contributed by atoms with Crippen LogP contribution in [0.25, 0.3) is 0 Å². The Bertz CT molecular complexity index is 246. The van der Waals surface area contributed by atoms with Crippen LogP contribution in [0.4, 0.5) is 0 Å². The van der Waals surface area contributed by atoms with Crippen LogP contribution in [0.3, 0.4) is 0 Å². The van der Waals surface area contributed by atoms with Crippen molar-refractivity contribution in [2.45, 2.75) is 24.8 Å². The summed E-state index contributed by atoms with van der Waals surface area (Å²) in [5, 5.41) is 3.35. The molecule has 1 N–H and O–H groups in total. The van der Waals surface area contributed by atoms with Crippen molar-refractivity contribution in [2.75, 3.05) is 12.8 Å². The molecule has 14 heavy (non-hydrogen) atoms. The zero-order chi connectivity index (χ0) is 10.4. The minimum absolute atomic E-state index is 0.597. The molecular weight excluding hydrogens is 190 g/mol. The Morgan fingerprint density at radius 1 is 1.21 bits per heavy atom. The van der Waals surface area contributed by atoms with Crippen LogP contribution in [0, 0.1) is 5.92 Å². The molecule has 1 aromatic carbocycles. The van der Waals surface area contributed by atoms with Gasteiger partial charge in [-0.15, -0.1) is 11.8 Å². The number of nitrogens with one attached hydrogen (secondary N) is 1. The lowest BCUT2D eigenvalue weighted by Crippen LogP contribution is -2.32. The van der Waals surface area contributed by atoms with Crippen molar-refractivity contribution in [2.24, 2.45) is 5.92 Å². The fourth-order valence-corrected chi connectivity index (χ4v) is 2.59. The largest absolute Gasteiger partial charge is 0.316 e. The van der Waals surface area contributed by atoms with Gasteiger partial charge in [-0.25, -0.2) is 0 Å². The highest BCUT2D eigenvalue weighted by atomic mass is 32.2. The Labute approximate surface area is 91.3 Å². The molecule has 2 heteroatoms. The Kier molecular flexibility index (Phi) is 5.05. The van der Waals surface area contributed by atoms with E-state index in [1.165, 1.54) is 4.90 Å². The lowest BCUT2D eigenvalue weighted by Gasteiger charge is -2.19. The third kappa shape index (κ3) is 3.72. The topological polar surface area (TPSA) is 12.0 Å². The highest BCUT2D eigenvalue weighted by Gasteiger charge is 2.10. The van der Waals surface area contributed by atoms with E-state index < -0.39 is 0 Å². The maximum absolute atomic E-state index is 3.35. The first-order valence-electron chi connectivity index (χ1n) is 5.09. The van der Waals surface area contributed by atoms with Gasteiger partial charge < -0.3 is 5.32 Å². The molecule has 0 spiro atoms. The number of thioether (sulfide) groups is 1. The van der Waals surface area contributed by atoms with Crippen LogP contribution in [0.15, 0.2) is 35.2 Å². The fourth-order valence-electron chi connectivity index (χ4n) is 1.31. The first-order chi connectivity index (χ1) is 6.74. The summed E-state index contributed by atoms with van der Waals surface area (Å²) in [6, 6.07) is 11.2. The Hall–Kier alpha value is -0.470. The Morgan fingerprint density at radius 2 is 1.86 bits per heavy atom. The van der Waals surface area contributed by atoms with Crippen molar-refractivity contribution in [3.8, 4) is 0 Å². The molecule has 0 fully saturated rings. The van der Waals surface area contributed by atoms with Crippen LogP contribution < -0.4 is 5.32 Å². The van der Waals surface area contributed by atoms with E-state index in [9.17, 15) is 0 Å². The smallest absolute Gasteiger partial charge is 0.0181 e. The summed E-state index contributed by atoms with van der Waals surface area (Å²) < 4.78 is 0. The number of hydrogen-bond donors (Lipinski definition) is 1. The molecule has 0 heterocycles. The lowest BCUT2D eigenvalue weighted by atomic mass is 10.1. The van der Waals surface area contributed by atoms with E-state index in [4.69, 9.17) is 0 Å². The minimum Gasteiger partial charge on any atom is -0.316 e. The summed E-state index contributed by atoms with van der Waals surface area (Å²) in [5.74, 6) is 1.83. The van der Waals surface area contributed by atoms with Gasteiger partial charge in [0.2, 0.25) is 0 Å². The minimum atomic E-state index is 0.597. The number of benzene rings is 1. The van der Waals surface area contributed by atoms with Gasteiger partial charge >= 0.3 is 0 Å². The first-order valence-corrected chi connectivity index (χ1v) is 6.07. The van der Waals surface area contributed by atoms with Gasteiger partial charge in [0.15, 0.2) is 0 Å². The summed E-state index contributed by atoms with van der Waals surface area (Å²) in [6.45, 7) is 4.51. The maximum Gasteiger partial charge on any atom is 0.0181 e. The van der Waals surface area contributed by atoms with Crippen molar-refractivity contribution >= 4 is 11.8 Å². The molecule has 1 nitrogen and oxygen atoms in total. The average Bonchev–Trinajstić information content (AvgIpc) is 2.20. The first kappa shape index (κ1) is 11.6. The third-order valence-corrected chi connectivity index (χ3v) is 3.48. The molecule has 0 amide bonds. The van der Waals surface area contributed by atoms with Crippen LogP contribution >= 0.6 is 11.8 Å². The second kappa shape index (κ2) is 6.10. The summed E-state index contributed by atoms with van der Waals surface area (Å²) >= 11 is 1.92. The van der Waals surface area contributed by atoms with Crippen LogP contribution in [-0.2, 0) is 0 Å². The van der Waals surface area contributed by atoms with Crippen molar-refractivity contribution in [3.63, 3.8) is 0 Å². The van der Waals surface area contributed by atoms with Crippen LogP contribution in [0.5, 0.6) is 0 Å². The van der Waals surface area contributed by atoms with E-state index in [1.54, 1.807) is 0 Å². The molecular formula is C12H19NS. The normalized spacial score (nSPS) is 13.1. The molecule has 0 bridgehead atoms. The summed E-state index contributed by atoms with van der Waals surface area (Å²) in [6.07, 6.45) is 0. The molecule has 0 aliphatic heterocycles. The Balaban J connectivity index is 2.40. The van der Waals surface area contributed by atoms with Gasteiger partial charge in [-0.3, -0.25) is 0 Å². The van der Waals surface area contributed by atoms with Gasteiger partial charge in [-0.2, -0.15) is 0 Å². The quantitative estimate of drug-likeness (QED) is 0.748. The van der Waals surface area contributed by atoms with Crippen molar-refractivity contribution < 1.29 is 0 Å². The van der Waals surface area contributed by atoms with Gasteiger partial charge in [-0.1, -0.05) is 32.0 Å². The number of hydrogen-bond acceptors (Lipinski definition) is 2. The van der Waals surface area contributed by atoms with E-state index >= 15 is 0 Å². The van der Waals surface area contributed by atoms with E-state index in [-0.39, 0.29) is 0 Å². The highest BCUT2D eigenvalue weighted by molar-refractivity contribution is 7.99. The molecule has 0 aliphatic rings. The predicted octanol–water partition coefficient (Wildman–Crippen LogP) is 3.02. The fraction of sp³-hybridized carbons (Fsp3) is 0.500. The molecule has 0 aliphatic carbocycles. The second-order valence-electron chi connectivity index (χ2n) is 3.76. The molecule has 1 unspecified atom stereocenters. The molecule has 0 radical (unpaired) electrons. The Morgan fingerprint density at radius 3 is 2.36 bits per heavy atom. The highest BCUT2D eigenvalue weighted by Crippen LogP contribution is 2.19. The van der Waals surface area contributed by atoms with Crippen LogP contribution in [0.1, 0.15) is 13.8 Å². The van der Waals surface area contributed by atoms with E-state index in [0.717, 1.165) is 5.75 Å². The molecule has 1 aromatic rings. The summed E-state index contributed by atoms with van der Waals surface area (Å²) in [4.78, 5) is 1.36. The van der Waals surface area contributed by atoms with Crippen LogP contribution in [0.2, 0.25) is 0 Å². The van der Waals surface area contributed by atoms with Crippen molar-refractivity contribution in [1.29, 1.82) is 0 Å². The SMILES string of the molecule is CNC(CSc1ccccc1)C(C)C. The van der Waals surface area contributed by atoms with E-state index in [0.29, 0.717) is 12.0 Å². The summed E-state index contributed by atoms with van der Waals surface area (Å²) in [7, 11) is 2.04. The molecule has 0 saturated carbocycles. The van der Waals surface area contributed by atoms with E-state index in [1.807, 2.05) is 18.8 Å². The molecule has 0 saturated heterocycles. The standard InChI is InChI=1S/C12H19NS/c1-10(2)12(13-3)9-14-11-7-5-4-6-8-11/h4-8,10,12-13H,9H2,1-3H3. The van der Waals surface area contributed by atoms with Gasteiger partial charge in [-0.05, 0) is 25.1 Å². The molecule has 78 valence electrons. The van der Waals surface area contributed by atoms with Gasteiger partial charge in [0, 0.05) is 16.7 Å². The molecule has 0 aromatic heterocycles. The maximum atomic E-state index is 3.35. The lowest BCUT2D eigenvalue weighted by molar-refractivity contribution is 0.465. The molecule has 1 rings (SSSR count).